The van der Waals surface area contributed by atoms with E-state index in [1.807, 2.05) is 0 Å². The predicted molar refractivity (Wildman–Crippen MR) is 142 cm³/mol. The van der Waals surface area contributed by atoms with Crippen LogP contribution in [0.25, 0.3) is 10.8 Å². The van der Waals surface area contributed by atoms with Crippen molar-refractivity contribution in [2.24, 2.45) is 0 Å². The van der Waals surface area contributed by atoms with Crippen LogP contribution in [0.5, 0.6) is 11.5 Å². The molecule has 5 aromatic rings. The number of hydrogen-bond acceptors (Lipinski definition) is 5. The fourth-order valence-corrected chi connectivity index (χ4v) is 4.32. The van der Waals surface area contributed by atoms with E-state index < -0.39 is 17.5 Å². The Kier molecular flexibility index (Phi) is 6.60. The van der Waals surface area contributed by atoms with Crippen LogP contribution in [0.4, 0.5) is 0 Å². The molecule has 0 radical (unpaired) electrons. The topological polar surface area (TPSA) is 69.7 Å². The van der Waals surface area contributed by atoms with Gasteiger partial charge in [-0.1, -0.05) is 103 Å². The molecule has 180 valence electrons. The van der Waals surface area contributed by atoms with E-state index in [1.165, 1.54) is 7.11 Å². The second kappa shape index (κ2) is 10.3. The number of hydrogen-bond donors (Lipinski definition) is 0. The normalized spacial score (nSPS) is 10.6. The first-order valence-corrected chi connectivity index (χ1v) is 11.7. The number of methoxy groups -OCH3 is 1. The van der Waals surface area contributed by atoms with E-state index in [1.54, 1.807) is 115 Å². The molecule has 0 unspecified atom stereocenters. The molecule has 5 rings (SSSR count). The van der Waals surface area contributed by atoms with Crippen LogP contribution in [0, 0.1) is 0 Å². The minimum atomic E-state index is -0.642. The lowest BCUT2D eigenvalue weighted by Crippen LogP contribution is -2.18. The summed E-state index contributed by atoms with van der Waals surface area (Å²) in [6, 6.07) is 32.8. The third-order valence-corrected chi connectivity index (χ3v) is 6.05. The molecule has 0 aliphatic heterocycles. The van der Waals surface area contributed by atoms with Crippen molar-refractivity contribution in [2.75, 3.05) is 7.11 Å². The minimum Gasteiger partial charge on any atom is -0.495 e. The molecule has 0 aliphatic rings. The number of ketones is 2. The van der Waals surface area contributed by atoms with Gasteiger partial charge in [0.25, 0.3) is 0 Å². The highest BCUT2D eigenvalue weighted by atomic mass is 16.5. The Morgan fingerprint density at radius 2 is 0.865 bits per heavy atom. The molecule has 5 heteroatoms. The van der Waals surface area contributed by atoms with Gasteiger partial charge in [-0.15, -0.1) is 0 Å². The summed E-state index contributed by atoms with van der Waals surface area (Å²) in [7, 11) is 1.45. The van der Waals surface area contributed by atoms with Crippen molar-refractivity contribution in [1.29, 1.82) is 0 Å². The molecule has 0 spiro atoms. The maximum absolute atomic E-state index is 14.1. The zero-order valence-electron chi connectivity index (χ0n) is 20.0. The van der Waals surface area contributed by atoms with Gasteiger partial charge in [0.1, 0.15) is 5.75 Å². The highest BCUT2D eigenvalue weighted by molar-refractivity contribution is 6.26. The summed E-state index contributed by atoms with van der Waals surface area (Å²) in [5.74, 6) is -1.27. The lowest BCUT2D eigenvalue weighted by atomic mass is 9.88. The first-order chi connectivity index (χ1) is 18.1. The fraction of sp³-hybridized carbons (Fsp3) is 0.0312. The smallest absolute Gasteiger partial charge is 0.343 e. The van der Waals surface area contributed by atoms with Gasteiger partial charge in [-0.25, -0.2) is 4.79 Å². The summed E-state index contributed by atoms with van der Waals surface area (Å²) in [6.45, 7) is 0. The fourth-order valence-electron chi connectivity index (χ4n) is 4.32. The van der Waals surface area contributed by atoms with Crippen molar-refractivity contribution < 1.29 is 23.9 Å². The Labute approximate surface area is 213 Å². The van der Waals surface area contributed by atoms with E-state index in [-0.39, 0.29) is 22.6 Å². The standard InChI is InChI=1S/C32H22O5/c1-36-30-24-19-11-12-20-25(24)31(37-32(35)23-17-9-4-10-18-23)27(29(34)22-15-7-3-8-16-22)26(30)28(33)21-13-5-2-6-14-21/h2-20H,1H3. The largest absolute Gasteiger partial charge is 0.495 e. The van der Waals surface area contributed by atoms with Crippen LogP contribution in [0.15, 0.2) is 115 Å². The van der Waals surface area contributed by atoms with Crippen LogP contribution in [0.1, 0.15) is 42.2 Å². The minimum absolute atomic E-state index is 0.0124. The lowest BCUT2D eigenvalue weighted by molar-refractivity contribution is 0.0734. The lowest BCUT2D eigenvalue weighted by Gasteiger charge is -2.20. The van der Waals surface area contributed by atoms with E-state index >= 15 is 0 Å². The van der Waals surface area contributed by atoms with E-state index in [0.29, 0.717) is 27.5 Å². The van der Waals surface area contributed by atoms with E-state index in [2.05, 4.69) is 0 Å². The maximum atomic E-state index is 14.1. The van der Waals surface area contributed by atoms with Gasteiger partial charge in [-0.3, -0.25) is 9.59 Å². The van der Waals surface area contributed by atoms with Gasteiger partial charge in [0.05, 0.1) is 23.8 Å². The number of carbonyl (C=O) groups is 3. The molecular weight excluding hydrogens is 464 g/mol. The summed E-state index contributed by atoms with van der Waals surface area (Å²) in [4.78, 5) is 41.2. The number of esters is 1. The molecule has 0 fully saturated rings. The summed E-state index contributed by atoms with van der Waals surface area (Å²) in [5, 5.41) is 1.03. The molecular formula is C32H22O5. The van der Waals surface area contributed by atoms with Crippen LogP contribution in [0.2, 0.25) is 0 Å². The third-order valence-electron chi connectivity index (χ3n) is 6.05. The molecule has 0 saturated heterocycles. The number of carbonyl (C=O) groups excluding carboxylic acids is 3. The SMILES string of the molecule is COc1c(C(=O)c2ccccc2)c(C(=O)c2ccccc2)c(OC(=O)c2ccccc2)c2ccccc12. The molecule has 0 bridgehead atoms. The van der Waals surface area contributed by atoms with Crippen molar-refractivity contribution in [3.63, 3.8) is 0 Å². The molecule has 0 atom stereocenters. The maximum Gasteiger partial charge on any atom is 0.343 e. The molecule has 0 aromatic heterocycles. The summed E-state index contributed by atoms with van der Waals surface area (Å²) >= 11 is 0. The Morgan fingerprint density at radius 1 is 0.486 bits per heavy atom. The second-order valence-corrected chi connectivity index (χ2v) is 8.30. The van der Waals surface area contributed by atoms with E-state index in [0.717, 1.165) is 0 Å². The molecule has 0 amide bonds. The molecule has 5 aromatic carbocycles. The number of rotatable bonds is 7. The van der Waals surface area contributed by atoms with Gasteiger partial charge in [-0.05, 0) is 12.1 Å². The molecule has 0 saturated carbocycles. The monoisotopic (exact) mass is 486 g/mol. The second-order valence-electron chi connectivity index (χ2n) is 8.30. The Balaban J connectivity index is 1.85. The third kappa shape index (κ3) is 4.50. The summed E-state index contributed by atoms with van der Waals surface area (Å²) in [6.07, 6.45) is 0. The molecule has 0 aliphatic carbocycles. The summed E-state index contributed by atoms with van der Waals surface area (Å²) in [5.41, 5.74) is 1.05. The Hall–Kier alpha value is -5.03. The average Bonchev–Trinajstić information content (AvgIpc) is 2.97. The first-order valence-electron chi connectivity index (χ1n) is 11.7. The van der Waals surface area contributed by atoms with Gasteiger partial charge in [0.15, 0.2) is 17.3 Å². The van der Waals surface area contributed by atoms with Gasteiger partial charge < -0.3 is 9.47 Å². The number of fused-ring (bicyclic) bond motifs is 1. The highest BCUT2D eigenvalue weighted by Gasteiger charge is 2.32. The Bertz CT molecular complexity index is 1610. The summed E-state index contributed by atoms with van der Waals surface area (Å²) < 4.78 is 11.7. The van der Waals surface area contributed by atoms with Crippen molar-refractivity contribution in [3.8, 4) is 11.5 Å². The highest BCUT2D eigenvalue weighted by Crippen LogP contribution is 2.43. The van der Waals surface area contributed by atoms with Crippen LogP contribution >= 0.6 is 0 Å². The zero-order valence-corrected chi connectivity index (χ0v) is 20.0. The first kappa shape index (κ1) is 23.7. The predicted octanol–water partition coefficient (Wildman–Crippen LogP) is 6.53. The van der Waals surface area contributed by atoms with Gasteiger partial charge in [0, 0.05) is 21.9 Å². The molecule has 0 N–H and O–H groups in total. The van der Waals surface area contributed by atoms with Crippen molar-refractivity contribution in [3.05, 3.63) is 143 Å². The van der Waals surface area contributed by atoms with Crippen molar-refractivity contribution in [1.82, 2.24) is 0 Å². The number of ether oxygens (including phenoxy) is 2. The van der Waals surface area contributed by atoms with Crippen molar-refractivity contribution >= 4 is 28.3 Å². The van der Waals surface area contributed by atoms with Crippen molar-refractivity contribution in [2.45, 2.75) is 0 Å². The van der Waals surface area contributed by atoms with E-state index in [9.17, 15) is 14.4 Å². The van der Waals surface area contributed by atoms with Crippen LogP contribution in [0.3, 0.4) is 0 Å². The molecule has 5 nitrogen and oxygen atoms in total. The van der Waals surface area contributed by atoms with Gasteiger partial charge >= 0.3 is 5.97 Å². The van der Waals surface area contributed by atoms with Gasteiger partial charge in [-0.2, -0.15) is 0 Å². The van der Waals surface area contributed by atoms with Crippen LogP contribution in [-0.2, 0) is 0 Å². The van der Waals surface area contributed by atoms with Gasteiger partial charge in [0.2, 0.25) is 0 Å². The molecule has 37 heavy (non-hydrogen) atoms. The van der Waals surface area contributed by atoms with Crippen LogP contribution in [-0.4, -0.2) is 24.6 Å². The molecule has 0 heterocycles. The van der Waals surface area contributed by atoms with E-state index in [4.69, 9.17) is 9.47 Å². The Morgan fingerprint density at radius 3 is 1.32 bits per heavy atom. The number of benzene rings is 5. The quantitative estimate of drug-likeness (QED) is 0.149. The average molecular weight is 487 g/mol. The zero-order chi connectivity index (χ0) is 25.8. The van der Waals surface area contributed by atoms with Crippen LogP contribution < -0.4 is 9.47 Å².